The van der Waals surface area contributed by atoms with E-state index in [1.54, 1.807) is 0 Å². The van der Waals surface area contributed by atoms with Crippen molar-refractivity contribution in [2.75, 3.05) is 5.32 Å². The Labute approximate surface area is 166 Å². The van der Waals surface area contributed by atoms with Crippen LogP contribution in [0.1, 0.15) is 27.2 Å². The molecule has 0 saturated carbocycles. The molecule has 0 saturated heterocycles. The van der Waals surface area contributed by atoms with Crippen LogP contribution in [0.2, 0.25) is 0 Å². The molecule has 0 bridgehead atoms. The molecule has 0 atom stereocenters. The third-order valence-electron chi connectivity index (χ3n) is 4.62. The fourth-order valence-corrected chi connectivity index (χ4v) is 4.68. The van der Waals surface area contributed by atoms with Crippen molar-refractivity contribution in [1.29, 1.82) is 0 Å². The number of aryl methyl sites for hydroxylation is 1. The summed E-state index contributed by atoms with van der Waals surface area (Å²) >= 11 is 0. The average Bonchev–Trinajstić information content (AvgIpc) is 3.15. The molecule has 148 valence electrons. The number of carbonyl (C=O) groups is 1. The molecular weight excluding hydrogens is 396 g/mol. The predicted octanol–water partition coefficient (Wildman–Crippen LogP) is 2.77. The van der Waals surface area contributed by atoms with Gasteiger partial charge in [0, 0.05) is 23.3 Å². The Balaban J connectivity index is 1.76. The molecule has 2 heterocycles. The fraction of sp³-hybridized carbons (Fsp3) is 0.158. The monoisotopic (exact) mass is 412 g/mol. The van der Waals surface area contributed by atoms with Gasteiger partial charge in [0.2, 0.25) is 0 Å². The number of carbonyl (C=O) groups excluding carboxylic acids is 1. The maximum atomic E-state index is 12.8. The number of sulfone groups is 1. The van der Waals surface area contributed by atoms with Crippen LogP contribution in [0.25, 0.3) is 5.69 Å². The number of fused-ring (bicyclic) bond motifs is 1. The molecular formula is C19H16N4O5S. The van der Waals surface area contributed by atoms with Gasteiger partial charge < -0.3 is 5.32 Å². The van der Waals surface area contributed by atoms with Crippen LogP contribution in [0.15, 0.2) is 48.5 Å². The predicted molar refractivity (Wildman–Crippen MR) is 106 cm³/mol. The topological polar surface area (TPSA) is 124 Å². The molecule has 1 aromatic heterocycles. The number of hydrogen-bond acceptors (Lipinski definition) is 6. The first-order valence-electron chi connectivity index (χ1n) is 8.67. The number of anilines is 1. The van der Waals surface area contributed by atoms with Gasteiger partial charge in [0.1, 0.15) is 5.82 Å². The molecule has 0 spiro atoms. The van der Waals surface area contributed by atoms with Gasteiger partial charge in [-0.2, -0.15) is 5.10 Å². The number of amides is 1. The molecule has 2 aromatic carbocycles. The van der Waals surface area contributed by atoms with Crippen LogP contribution < -0.4 is 5.32 Å². The lowest BCUT2D eigenvalue weighted by Gasteiger charge is -2.11. The van der Waals surface area contributed by atoms with E-state index >= 15 is 0 Å². The summed E-state index contributed by atoms with van der Waals surface area (Å²) in [6.45, 7) is 1.93. The highest BCUT2D eigenvalue weighted by atomic mass is 32.2. The Bertz CT molecular complexity index is 1250. The number of benzene rings is 2. The Hall–Kier alpha value is -3.53. The van der Waals surface area contributed by atoms with Crippen LogP contribution in [0.5, 0.6) is 0 Å². The molecule has 4 rings (SSSR count). The Morgan fingerprint density at radius 1 is 1.17 bits per heavy atom. The Morgan fingerprint density at radius 2 is 1.90 bits per heavy atom. The smallest absolute Gasteiger partial charge is 0.270 e. The van der Waals surface area contributed by atoms with Crippen molar-refractivity contribution in [2.24, 2.45) is 0 Å². The summed E-state index contributed by atoms with van der Waals surface area (Å²) in [6.07, 6.45) is 0. The van der Waals surface area contributed by atoms with Gasteiger partial charge in [-0.25, -0.2) is 13.1 Å². The largest absolute Gasteiger partial charge is 0.306 e. The van der Waals surface area contributed by atoms with Crippen molar-refractivity contribution in [2.45, 2.75) is 18.4 Å². The van der Waals surface area contributed by atoms with Gasteiger partial charge in [-0.05, 0) is 25.1 Å². The molecule has 0 radical (unpaired) electrons. The number of nitro groups is 1. The summed E-state index contributed by atoms with van der Waals surface area (Å²) in [4.78, 5) is 23.2. The third-order valence-corrected chi connectivity index (χ3v) is 6.06. The van der Waals surface area contributed by atoms with Crippen molar-refractivity contribution in [1.82, 2.24) is 9.78 Å². The number of aromatic nitrogens is 2. The molecule has 10 heteroatoms. The van der Waals surface area contributed by atoms with Gasteiger partial charge >= 0.3 is 0 Å². The third kappa shape index (κ3) is 3.61. The van der Waals surface area contributed by atoms with Crippen molar-refractivity contribution in [3.63, 3.8) is 0 Å². The van der Waals surface area contributed by atoms with E-state index in [1.165, 1.54) is 28.9 Å². The molecule has 3 aromatic rings. The van der Waals surface area contributed by atoms with Gasteiger partial charge in [0.15, 0.2) is 9.84 Å². The van der Waals surface area contributed by atoms with Gasteiger partial charge in [0.05, 0.1) is 27.8 Å². The van der Waals surface area contributed by atoms with Crippen LogP contribution in [-0.2, 0) is 21.3 Å². The van der Waals surface area contributed by atoms with E-state index in [0.717, 1.165) is 5.56 Å². The van der Waals surface area contributed by atoms with E-state index in [2.05, 4.69) is 10.4 Å². The van der Waals surface area contributed by atoms with Crippen LogP contribution in [0, 0.1) is 17.0 Å². The van der Waals surface area contributed by atoms with Crippen molar-refractivity contribution in [3.05, 3.63) is 81.0 Å². The second-order valence-corrected chi connectivity index (χ2v) is 8.88. The SMILES string of the molecule is Cc1ccc(-n2nc3c(c2NC(=O)c2cccc([N+](=O)[O-])c2)CS(=O)(=O)C3)cc1. The zero-order valence-electron chi connectivity index (χ0n) is 15.3. The average molecular weight is 412 g/mol. The number of nitrogens with one attached hydrogen (secondary N) is 1. The number of nitro benzene ring substituents is 1. The maximum Gasteiger partial charge on any atom is 0.270 e. The zero-order valence-corrected chi connectivity index (χ0v) is 16.1. The maximum absolute atomic E-state index is 12.8. The lowest BCUT2D eigenvalue weighted by Crippen LogP contribution is -2.17. The second-order valence-electron chi connectivity index (χ2n) is 6.82. The van der Waals surface area contributed by atoms with Gasteiger partial charge in [0.25, 0.3) is 11.6 Å². The minimum atomic E-state index is -3.33. The van der Waals surface area contributed by atoms with E-state index in [-0.39, 0.29) is 28.6 Å². The number of rotatable bonds is 4. The molecule has 0 fully saturated rings. The molecule has 1 amide bonds. The number of nitrogens with zero attached hydrogens (tertiary/aromatic N) is 3. The van der Waals surface area contributed by atoms with E-state index in [9.17, 15) is 23.3 Å². The Kier molecular flexibility index (Phi) is 4.42. The molecule has 1 aliphatic heterocycles. The van der Waals surface area contributed by atoms with Gasteiger partial charge in [-0.3, -0.25) is 14.9 Å². The highest BCUT2D eigenvalue weighted by molar-refractivity contribution is 7.90. The van der Waals surface area contributed by atoms with Crippen molar-refractivity contribution in [3.8, 4) is 5.69 Å². The van der Waals surface area contributed by atoms with Gasteiger partial charge in [-0.1, -0.05) is 23.8 Å². The molecule has 1 N–H and O–H groups in total. The first-order valence-corrected chi connectivity index (χ1v) is 10.5. The summed E-state index contributed by atoms with van der Waals surface area (Å²) in [6, 6.07) is 12.7. The van der Waals surface area contributed by atoms with E-state index in [4.69, 9.17) is 0 Å². The van der Waals surface area contributed by atoms with Crippen LogP contribution in [0.4, 0.5) is 11.5 Å². The van der Waals surface area contributed by atoms with E-state index < -0.39 is 20.7 Å². The number of non-ortho nitro benzene ring substituents is 1. The quantitative estimate of drug-likeness (QED) is 0.519. The van der Waals surface area contributed by atoms with Crippen molar-refractivity contribution >= 4 is 27.2 Å². The summed E-state index contributed by atoms with van der Waals surface area (Å²) < 4.78 is 25.6. The van der Waals surface area contributed by atoms with E-state index in [1.807, 2.05) is 31.2 Å². The first-order chi connectivity index (χ1) is 13.7. The first kappa shape index (κ1) is 18.8. The lowest BCUT2D eigenvalue weighted by molar-refractivity contribution is -0.384. The summed E-state index contributed by atoms with van der Waals surface area (Å²) in [7, 11) is -3.33. The minimum Gasteiger partial charge on any atom is -0.306 e. The van der Waals surface area contributed by atoms with Crippen LogP contribution in [-0.4, -0.2) is 29.0 Å². The normalized spacial score (nSPS) is 14.4. The van der Waals surface area contributed by atoms with Crippen LogP contribution >= 0.6 is 0 Å². The van der Waals surface area contributed by atoms with Crippen molar-refractivity contribution < 1.29 is 18.1 Å². The lowest BCUT2D eigenvalue weighted by atomic mass is 10.2. The fourth-order valence-electron chi connectivity index (χ4n) is 3.18. The second kappa shape index (κ2) is 6.82. The molecule has 1 aliphatic rings. The molecule has 9 nitrogen and oxygen atoms in total. The molecule has 29 heavy (non-hydrogen) atoms. The van der Waals surface area contributed by atoms with E-state index in [0.29, 0.717) is 16.9 Å². The molecule has 0 unspecified atom stereocenters. The summed E-state index contributed by atoms with van der Waals surface area (Å²) in [5, 5.41) is 18.1. The molecule has 0 aliphatic carbocycles. The Morgan fingerprint density at radius 3 is 2.59 bits per heavy atom. The number of hydrogen-bond donors (Lipinski definition) is 1. The highest BCUT2D eigenvalue weighted by Gasteiger charge is 2.33. The summed E-state index contributed by atoms with van der Waals surface area (Å²) in [5.74, 6) is -0.755. The van der Waals surface area contributed by atoms with Crippen LogP contribution in [0.3, 0.4) is 0 Å². The standard InChI is InChI=1S/C19H16N4O5S/c1-12-5-7-14(8-6-12)22-18(16-10-29(27,28)11-17(16)21-22)20-19(24)13-3-2-4-15(9-13)23(25)26/h2-9H,10-11H2,1H3,(H,20,24). The zero-order chi connectivity index (χ0) is 20.8. The highest BCUT2D eigenvalue weighted by Crippen LogP contribution is 2.33. The van der Waals surface area contributed by atoms with Gasteiger partial charge in [-0.15, -0.1) is 0 Å². The minimum absolute atomic E-state index is 0.0884. The summed E-state index contributed by atoms with van der Waals surface area (Å²) in [5.41, 5.74) is 2.40.